The first-order valence-corrected chi connectivity index (χ1v) is 10.7. The van der Waals surface area contributed by atoms with Gasteiger partial charge in [-0.25, -0.2) is 9.97 Å². The van der Waals surface area contributed by atoms with E-state index in [9.17, 15) is 0 Å². The molecule has 1 aliphatic rings. The summed E-state index contributed by atoms with van der Waals surface area (Å²) >= 11 is 0. The molecular weight excluding hydrogens is 422 g/mol. The molecule has 1 saturated heterocycles. The molecule has 10 nitrogen and oxygen atoms in total. The summed E-state index contributed by atoms with van der Waals surface area (Å²) in [5.74, 6) is 3.63. The van der Waals surface area contributed by atoms with Crippen LogP contribution in [0.3, 0.4) is 0 Å². The molecule has 1 aliphatic heterocycles. The van der Waals surface area contributed by atoms with Crippen LogP contribution < -0.4 is 24.4 Å². The summed E-state index contributed by atoms with van der Waals surface area (Å²) in [6.07, 6.45) is 7.61. The van der Waals surface area contributed by atoms with E-state index < -0.39 is 0 Å². The summed E-state index contributed by atoms with van der Waals surface area (Å²) in [7, 11) is 4.76. The third kappa shape index (κ3) is 3.95. The van der Waals surface area contributed by atoms with Crippen LogP contribution in [0.1, 0.15) is 12.8 Å². The molecule has 1 N–H and O–H groups in total. The lowest BCUT2D eigenvalue weighted by atomic mass is 10.2. The van der Waals surface area contributed by atoms with Gasteiger partial charge in [0.15, 0.2) is 17.3 Å². The molecule has 0 aliphatic carbocycles. The van der Waals surface area contributed by atoms with E-state index in [1.807, 2.05) is 35.0 Å². The van der Waals surface area contributed by atoms with Gasteiger partial charge in [-0.1, -0.05) is 0 Å². The molecule has 0 bridgehead atoms. The lowest BCUT2D eigenvalue weighted by Gasteiger charge is -2.17. The highest BCUT2D eigenvalue weighted by Gasteiger charge is 2.19. The second-order valence-corrected chi connectivity index (χ2v) is 7.61. The molecule has 10 heteroatoms. The van der Waals surface area contributed by atoms with Crippen LogP contribution in [0.2, 0.25) is 0 Å². The van der Waals surface area contributed by atoms with Crippen molar-refractivity contribution in [1.82, 2.24) is 24.5 Å². The molecule has 0 radical (unpaired) electrons. The van der Waals surface area contributed by atoms with Crippen molar-refractivity contribution in [2.75, 3.05) is 44.6 Å². The maximum Gasteiger partial charge on any atom is 0.228 e. The van der Waals surface area contributed by atoms with E-state index in [1.165, 1.54) is 0 Å². The Morgan fingerprint density at radius 3 is 2.39 bits per heavy atom. The van der Waals surface area contributed by atoms with E-state index in [2.05, 4.69) is 20.2 Å². The number of fused-ring (bicyclic) bond motifs is 1. The Hall–Kier alpha value is -4.08. The van der Waals surface area contributed by atoms with E-state index >= 15 is 0 Å². The first-order valence-electron chi connectivity index (χ1n) is 10.7. The number of hydrogen-bond acceptors (Lipinski definition) is 9. The first kappa shape index (κ1) is 20.8. The van der Waals surface area contributed by atoms with Crippen molar-refractivity contribution in [1.29, 1.82) is 0 Å². The Bertz CT molecular complexity index is 1260. The Morgan fingerprint density at radius 1 is 0.939 bits per heavy atom. The maximum absolute atomic E-state index is 5.47. The third-order valence-electron chi connectivity index (χ3n) is 5.61. The van der Waals surface area contributed by atoms with Gasteiger partial charge in [0.1, 0.15) is 17.7 Å². The average Bonchev–Trinajstić information content (AvgIpc) is 3.56. The molecule has 1 aromatic carbocycles. The molecule has 33 heavy (non-hydrogen) atoms. The molecule has 4 heterocycles. The normalized spacial score (nSPS) is 13.4. The second kappa shape index (κ2) is 8.81. The Balaban J connectivity index is 1.49. The molecule has 3 aromatic heterocycles. The summed E-state index contributed by atoms with van der Waals surface area (Å²) < 4.78 is 18.2. The van der Waals surface area contributed by atoms with Crippen LogP contribution >= 0.6 is 0 Å². The van der Waals surface area contributed by atoms with Crippen LogP contribution in [0.25, 0.3) is 16.7 Å². The summed E-state index contributed by atoms with van der Waals surface area (Å²) in [5, 5.41) is 3.32. The van der Waals surface area contributed by atoms with E-state index in [1.54, 1.807) is 33.9 Å². The van der Waals surface area contributed by atoms with Crippen molar-refractivity contribution in [2.24, 2.45) is 0 Å². The Labute approximate surface area is 191 Å². The largest absolute Gasteiger partial charge is 0.493 e. The maximum atomic E-state index is 5.47. The Morgan fingerprint density at radius 2 is 1.70 bits per heavy atom. The van der Waals surface area contributed by atoms with E-state index in [0.717, 1.165) is 37.1 Å². The van der Waals surface area contributed by atoms with Crippen molar-refractivity contribution in [3.05, 3.63) is 43.0 Å². The number of benzene rings is 1. The summed E-state index contributed by atoms with van der Waals surface area (Å²) in [4.78, 5) is 20.7. The third-order valence-corrected chi connectivity index (χ3v) is 5.61. The number of aromatic nitrogens is 5. The number of nitrogens with zero attached hydrogens (tertiary/aromatic N) is 6. The number of pyridine rings is 1. The fraction of sp³-hybridized carbons (Fsp3) is 0.304. The average molecular weight is 447 g/mol. The molecule has 1 fully saturated rings. The van der Waals surface area contributed by atoms with Gasteiger partial charge >= 0.3 is 0 Å². The van der Waals surface area contributed by atoms with Gasteiger partial charge in [0.05, 0.1) is 38.7 Å². The molecular formula is C23H25N7O3. The minimum atomic E-state index is 0.537. The van der Waals surface area contributed by atoms with Crippen molar-refractivity contribution in [2.45, 2.75) is 12.8 Å². The van der Waals surface area contributed by atoms with Gasteiger partial charge in [-0.2, -0.15) is 4.98 Å². The number of imidazole rings is 1. The van der Waals surface area contributed by atoms with Crippen molar-refractivity contribution >= 4 is 28.6 Å². The smallest absolute Gasteiger partial charge is 0.228 e. The van der Waals surface area contributed by atoms with E-state index in [4.69, 9.17) is 24.2 Å². The minimum absolute atomic E-state index is 0.537. The number of anilines is 3. The molecule has 0 atom stereocenters. The zero-order valence-electron chi connectivity index (χ0n) is 18.8. The van der Waals surface area contributed by atoms with Crippen molar-refractivity contribution < 1.29 is 14.2 Å². The SMILES string of the molecule is COc1cc(-n2cnc(Nc3nc(N4CCCC4)nc4cccnc34)c2)cc(OC)c1OC. The van der Waals surface area contributed by atoms with Gasteiger partial charge in [-0.15, -0.1) is 0 Å². The zero-order valence-corrected chi connectivity index (χ0v) is 18.8. The monoisotopic (exact) mass is 447 g/mol. The fourth-order valence-electron chi connectivity index (χ4n) is 3.97. The minimum Gasteiger partial charge on any atom is -0.493 e. The quantitative estimate of drug-likeness (QED) is 0.456. The van der Waals surface area contributed by atoms with Crippen LogP contribution in [-0.2, 0) is 0 Å². The topological polar surface area (TPSA) is 99.5 Å². The van der Waals surface area contributed by atoms with Crippen LogP contribution in [0, 0.1) is 0 Å². The van der Waals surface area contributed by atoms with Gasteiger partial charge in [0, 0.05) is 31.4 Å². The number of ether oxygens (including phenoxy) is 3. The predicted octanol–water partition coefficient (Wildman–Crippen LogP) is 3.58. The Kier molecular flexibility index (Phi) is 5.55. The molecule has 0 amide bonds. The number of rotatable bonds is 7. The number of methoxy groups -OCH3 is 3. The van der Waals surface area contributed by atoms with Crippen LogP contribution in [0.15, 0.2) is 43.0 Å². The van der Waals surface area contributed by atoms with Crippen LogP contribution in [0.4, 0.5) is 17.6 Å². The van der Waals surface area contributed by atoms with Gasteiger partial charge in [0.2, 0.25) is 11.7 Å². The van der Waals surface area contributed by atoms with E-state index in [-0.39, 0.29) is 0 Å². The highest BCUT2D eigenvalue weighted by atomic mass is 16.5. The van der Waals surface area contributed by atoms with E-state index in [0.29, 0.717) is 40.3 Å². The zero-order chi connectivity index (χ0) is 22.8. The molecule has 170 valence electrons. The van der Waals surface area contributed by atoms with Gasteiger partial charge in [-0.05, 0) is 25.0 Å². The number of nitrogens with one attached hydrogen (secondary N) is 1. The molecule has 0 spiro atoms. The predicted molar refractivity (Wildman–Crippen MR) is 125 cm³/mol. The number of hydrogen-bond donors (Lipinski definition) is 1. The standard InChI is InChI=1S/C23H25N7O3/c1-31-17-11-15(12-18(32-2)21(17)33-3)30-13-19(25-14-30)27-22-20-16(7-6-8-24-20)26-23(28-22)29-9-4-5-10-29/h6-8,11-14H,4-5,9-10H2,1-3H3,(H,26,27,28). The summed E-state index contributed by atoms with van der Waals surface area (Å²) in [6, 6.07) is 7.55. The lowest BCUT2D eigenvalue weighted by molar-refractivity contribution is 0.324. The second-order valence-electron chi connectivity index (χ2n) is 7.61. The fourth-order valence-corrected chi connectivity index (χ4v) is 3.97. The van der Waals surface area contributed by atoms with Crippen molar-refractivity contribution in [3.63, 3.8) is 0 Å². The van der Waals surface area contributed by atoms with Gasteiger partial charge in [-0.3, -0.25) is 4.98 Å². The molecule has 0 saturated carbocycles. The van der Waals surface area contributed by atoms with Crippen molar-refractivity contribution in [3.8, 4) is 22.9 Å². The summed E-state index contributed by atoms with van der Waals surface area (Å²) in [6.45, 7) is 1.92. The molecule has 5 rings (SSSR count). The van der Waals surface area contributed by atoms with Crippen LogP contribution in [0.5, 0.6) is 17.2 Å². The van der Waals surface area contributed by atoms with Gasteiger partial charge in [0.25, 0.3) is 0 Å². The summed E-state index contributed by atoms with van der Waals surface area (Å²) in [5.41, 5.74) is 2.30. The molecule has 4 aromatic rings. The van der Waals surface area contributed by atoms with Crippen LogP contribution in [-0.4, -0.2) is 58.9 Å². The first-order chi connectivity index (χ1) is 16.2. The van der Waals surface area contributed by atoms with Gasteiger partial charge < -0.3 is 29.0 Å². The molecule has 0 unspecified atom stereocenters. The lowest BCUT2D eigenvalue weighted by Crippen LogP contribution is -2.21. The highest BCUT2D eigenvalue weighted by molar-refractivity contribution is 5.87. The highest BCUT2D eigenvalue weighted by Crippen LogP contribution is 2.39.